The summed E-state index contributed by atoms with van der Waals surface area (Å²) in [7, 11) is 0. The van der Waals surface area contributed by atoms with Gasteiger partial charge in [-0.2, -0.15) is 0 Å². The van der Waals surface area contributed by atoms with Crippen molar-refractivity contribution in [3.8, 4) is 0 Å². The minimum absolute atomic E-state index is 0.00921. The van der Waals surface area contributed by atoms with Gasteiger partial charge in [0, 0.05) is 6.61 Å². The summed E-state index contributed by atoms with van der Waals surface area (Å²) in [5, 5.41) is 0. The zero-order valence-corrected chi connectivity index (χ0v) is 8.80. The summed E-state index contributed by atoms with van der Waals surface area (Å²) >= 11 is 0. The van der Waals surface area contributed by atoms with Gasteiger partial charge in [0.25, 0.3) is 0 Å². The summed E-state index contributed by atoms with van der Waals surface area (Å²) in [6, 6.07) is 0. The molecule has 2 unspecified atom stereocenters. The molecule has 0 bridgehead atoms. The maximum atomic E-state index is 5.66. The third kappa shape index (κ3) is 5.56. The summed E-state index contributed by atoms with van der Waals surface area (Å²) in [6.07, 6.45) is 3.48. The van der Waals surface area contributed by atoms with Crippen molar-refractivity contribution in [2.75, 3.05) is 6.61 Å². The predicted molar refractivity (Wildman–Crippen MR) is 51.2 cm³/mol. The van der Waals surface area contributed by atoms with Crippen LogP contribution >= 0.6 is 0 Å². The van der Waals surface area contributed by atoms with Gasteiger partial charge in [0.2, 0.25) is 0 Å². The van der Waals surface area contributed by atoms with E-state index in [1.807, 2.05) is 6.92 Å². The molecule has 0 rings (SSSR count). The second kappa shape index (κ2) is 7.56. The smallest absolute Gasteiger partial charge is 0.157 e. The number of hydrogen-bond acceptors (Lipinski definition) is 2. The molecule has 0 aromatic rings. The van der Waals surface area contributed by atoms with Crippen LogP contribution in [0.4, 0.5) is 0 Å². The molecular formula is C10H22O2. The van der Waals surface area contributed by atoms with Crippen molar-refractivity contribution in [3.05, 3.63) is 0 Å². The Morgan fingerprint density at radius 3 is 2.25 bits per heavy atom. The zero-order chi connectivity index (χ0) is 9.40. The molecule has 0 radical (unpaired) electrons. The average Bonchev–Trinajstić information content (AvgIpc) is 2.05. The minimum Gasteiger partial charge on any atom is -0.353 e. The molecule has 0 aliphatic rings. The summed E-state index contributed by atoms with van der Waals surface area (Å²) < 4.78 is 11.1. The summed E-state index contributed by atoms with van der Waals surface area (Å²) in [5.74, 6) is 0. The van der Waals surface area contributed by atoms with E-state index in [-0.39, 0.29) is 6.29 Å². The Balaban J connectivity index is 3.61. The van der Waals surface area contributed by atoms with Crippen molar-refractivity contribution < 1.29 is 9.47 Å². The van der Waals surface area contributed by atoms with Gasteiger partial charge in [-0.1, -0.05) is 20.3 Å². The predicted octanol–water partition coefficient (Wildman–Crippen LogP) is 2.96. The van der Waals surface area contributed by atoms with Gasteiger partial charge < -0.3 is 9.47 Å². The summed E-state index contributed by atoms with van der Waals surface area (Å²) in [4.78, 5) is 0. The fourth-order valence-corrected chi connectivity index (χ4v) is 0.968. The van der Waals surface area contributed by atoms with Crippen LogP contribution in [0.3, 0.4) is 0 Å². The van der Waals surface area contributed by atoms with E-state index in [0.717, 1.165) is 25.9 Å². The maximum absolute atomic E-state index is 5.66. The molecule has 12 heavy (non-hydrogen) atoms. The van der Waals surface area contributed by atoms with Gasteiger partial charge >= 0.3 is 0 Å². The zero-order valence-electron chi connectivity index (χ0n) is 8.80. The van der Waals surface area contributed by atoms with E-state index in [4.69, 9.17) is 9.47 Å². The number of rotatable bonds is 7. The molecule has 0 aromatic carbocycles. The topological polar surface area (TPSA) is 18.5 Å². The lowest BCUT2D eigenvalue weighted by Gasteiger charge is -2.20. The SMILES string of the molecule is CCCC(OCC)OC(C)CC. The number of hydrogen-bond donors (Lipinski definition) is 0. The monoisotopic (exact) mass is 174 g/mol. The van der Waals surface area contributed by atoms with Gasteiger partial charge in [-0.3, -0.25) is 0 Å². The molecule has 74 valence electrons. The third-order valence-electron chi connectivity index (χ3n) is 1.84. The summed E-state index contributed by atoms with van der Waals surface area (Å²) in [6.45, 7) is 9.09. The molecule has 0 saturated carbocycles. The van der Waals surface area contributed by atoms with E-state index in [2.05, 4.69) is 20.8 Å². The Labute approximate surface area is 76.3 Å². The Morgan fingerprint density at radius 2 is 1.83 bits per heavy atom. The maximum Gasteiger partial charge on any atom is 0.157 e. The highest BCUT2D eigenvalue weighted by Crippen LogP contribution is 2.08. The van der Waals surface area contributed by atoms with Crippen LogP contribution in [-0.4, -0.2) is 19.0 Å². The van der Waals surface area contributed by atoms with Crippen LogP contribution in [0.25, 0.3) is 0 Å². The van der Waals surface area contributed by atoms with Gasteiger partial charge in [0.15, 0.2) is 6.29 Å². The molecule has 0 heterocycles. The van der Waals surface area contributed by atoms with Crippen molar-refractivity contribution in [1.82, 2.24) is 0 Å². The molecule has 0 N–H and O–H groups in total. The minimum atomic E-state index is 0.00921. The fraction of sp³-hybridized carbons (Fsp3) is 1.00. The van der Waals surface area contributed by atoms with Crippen molar-refractivity contribution in [2.45, 2.75) is 59.4 Å². The first-order valence-electron chi connectivity index (χ1n) is 5.01. The fourth-order valence-electron chi connectivity index (χ4n) is 0.968. The molecule has 2 heteroatoms. The molecule has 0 amide bonds. The molecular weight excluding hydrogens is 152 g/mol. The van der Waals surface area contributed by atoms with E-state index >= 15 is 0 Å². The van der Waals surface area contributed by atoms with Crippen LogP contribution in [0.5, 0.6) is 0 Å². The largest absolute Gasteiger partial charge is 0.353 e. The van der Waals surface area contributed by atoms with Crippen LogP contribution in [-0.2, 0) is 9.47 Å². The lowest BCUT2D eigenvalue weighted by atomic mass is 10.3. The van der Waals surface area contributed by atoms with Gasteiger partial charge in [-0.15, -0.1) is 0 Å². The molecule has 2 nitrogen and oxygen atoms in total. The average molecular weight is 174 g/mol. The highest BCUT2D eigenvalue weighted by molar-refractivity contribution is 4.49. The first kappa shape index (κ1) is 11.9. The Hall–Kier alpha value is -0.0800. The molecule has 2 atom stereocenters. The van der Waals surface area contributed by atoms with Crippen LogP contribution in [0.15, 0.2) is 0 Å². The van der Waals surface area contributed by atoms with Crippen molar-refractivity contribution >= 4 is 0 Å². The summed E-state index contributed by atoms with van der Waals surface area (Å²) in [5.41, 5.74) is 0. The van der Waals surface area contributed by atoms with Gasteiger partial charge in [0.1, 0.15) is 0 Å². The molecule has 0 aliphatic carbocycles. The normalized spacial score (nSPS) is 16.0. The Kier molecular flexibility index (Phi) is 7.51. The van der Waals surface area contributed by atoms with E-state index < -0.39 is 0 Å². The Bertz CT molecular complexity index is 87.8. The quantitative estimate of drug-likeness (QED) is 0.552. The molecule has 0 aliphatic heterocycles. The standard InChI is InChI=1S/C10H22O2/c1-5-8-10(11-7-3)12-9(4)6-2/h9-10H,5-8H2,1-4H3. The molecule has 0 aromatic heterocycles. The van der Waals surface area contributed by atoms with E-state index in [9.17, 15) is 0 Å². The lowest BCUT2D eigenvalue weighted by Crippen LogP contribution is -2.22. The van der Waals surface area contributed by atoms with Crippen LogP contribution in [0, 0.1) is 0 Å². The molecule has 0 spiro atoms. The number of ether oxygens (including phenoxy) is 2. The van der Waals surface area contributed by atoms with Gasteiger partial charge in [-0.25, -0.2) is 0 Å². The van der Waals surface area contributed by atoms with Crippen LogP contribution < -0.4 is 0 Å². The second-order valence-corrected chi connectivity index (χ2v) is 3.03. The molecule has 0 fully saturated rings. The third-order valence-corrected chi connectivity index (χ3v) is 1.84. The van der Waals surface area contributed by atoms with Crippen molar-refractivity contribution in [1.29, 1.82) is 0 Å². The lowest BCUT2D eigenvalue weighted by molar-refractivity contribution is -0.167. The van der Waals surface area contributed by atoms with Gasteiger partial charge in [0.05, 0.1) is 6.10 Å². The first-order chi connectivity index (χ1) is 5.74. The highest BCUT2D eigenvalue weighted by Gasteiger charge is 2.10. The first-order valence-corrected chi connectivity index (χ1v) is 5.01. The van der Waals surface area contributed by atoms with Crippen LogP contribution in [0.1, 0.15) is 47.0 Å². The highest BCUT2D eigenvalue weighted by atomic mass is 16.7. The van der Waals surface area contributed by atoms with Gasteiger partial charge in [-0.05, 0) is 26.7 Å². The molecule has 0 saturated heterocycles. The van der Waals surface area contributed by atoms with Crippen molar-refractivity contribution in [2.24, 2.45) is 0 Å². The van der Waals surface area contributed by atoms with Crippen LogP contribution in [0.2, 0.25) is 0 Å². The van der Waals surface area contributed by atoms with Crippen molar-refractivity contribution in [3.63, 3.8) is 0 Å². The Morgan fingerprint density at radius 1 is 1.17 bits per heavy atom. The van der Waals surface area contributed by atoms with E-state index in [1.165, 1.54) is 0 Å². The second-order valence-electron chi connectivity index (χ2n) is 3.03. The van der Waals surface area contributed by atoms with E-state index in [0.29, 0.717) is 6.10 Å². The van der Waals surface area contributed by atoms with E-state index in [1.54, 1.807) is 0 Å².